The molecule has 3 aliphatic rings. The minimum absolute atomic E-state index is 0.0146. The molecule has 2 saturated heterocycles. The molecule has 3 aliphatic heterocycles. The maximum absolute atomic E-state index is 14.2. The molecule has 248 valence electrons. The van der Waals surface area contributed by atoms with Crippen molar-refractivity contribution in [2.24, 2.45) is 0 Å². The van der Waals surface area contributed by atoms with Crippen molar-refractivity contribution in [3.8, 4) is 5.75 Å². The van der Waals surface area contributed by atoms with E-state index < -0.39 is 47.6 Å². The van der Waals surface area contributed by atoms with Gasteiger partial charge in [0.15, 0.2) is 5.69 Å². The highest BCUT2D eigenvalue weighted by atomic mass is 19.1. The van der Waals surface area contributed by atoms with Gasteiger partial charge in [0, 0.05) is 49.9 Å². The Bertz CT molecular complexity index is 1700. The molecule has 2 atom stereocenters. The number of carbonyl (C=O) groups is 3. The summed E-state index contributed by atoms with van der Waals surface area (Å²) in [4.78, 5) is 56.6. The number of aromatic nitrogens is 1. The Hall–Kier alpha value is -4.82. The minimum atomic E-state index is -1.05. The second-order valence-corrected chi connectivity index (χ2v) is 11.5. The van der Waals surface area contributed by atoms with Gasteiger partial charge in [0.05, 0.1) is 26.4 Å². The summed E-state index contributed by atoms with van der Waals surface area (Å²) < 4.78 is 50.2. The van der Waals surface area contributed by atoms with Crippen molar-refractivity contribution in [1.82, 2.24) is 19.7 Å². The van der Waals surface area contributed by atoms with Crippen molar-refractivity contribution in [2.75, 3.05) is 33.1 Å². The maximum atomic E-state index is 14.2. The van der Waals surface area contributed by atoms with Gasteiger partial charge in [0.2, 0.25) is 18.0 Å². The Kier molecular flexibility index (Phi) is 9.78. The normalized spacial score (nSPS) is 18.3. The molecule has 0 spiro atoms. The van der Waals surface area contributed by atoms with Crippen molar-refractivity contribution in [3.05, 3.63) is 99.0 Å². The summed E-state index contributed by atoms with van der Waals surface area (Å²) in [6, 6.07) is 12.7. The first kappa shape index (κ1) is 32.1. The molecule has 14 heteroatoms. The second-order valence-electron chi connectivity index (χ2n) is 11.5. The molecular weight excluding hydrogens is 618 g/mol. The highest BCUT2D eigenvalue weighted by molar-refractivity contribution is 5.99. The fourth-order valence-electron chi connectivity index (χ4n) is 6.20. The van der Waals surface area contributed by atoms with Gasteiger partial charge in [-0.15, -0.1) is 0 Å². The van der Waals surface area contributed by atoms with Gasteiger partial charge in [-0.05, 0) is 24.5 Å². The van der Waals surface area contributed by atoms with Crippen LogP contribution in [0.25, 0.3) is 0 Å². The molecule has 0 bridgehead atoms. The number of halogens is 2. The van der Waals surface area contributed by atoms with E-state index in [1.807, 2.05) is 30.3 Å². The van der Waals surface area contributed by atoms with Crippen LogP contribution in [0, 0.1) is 11.6 Å². The van der Waals surface area contributed by atoms with Crippen molar-refractivity contribution in [2.45, 2.75) is 51.2 Å². The Balaban J connectivity index is 1.12. The first-order valence-corrected chi connectivity index (χ1v) is 15.4. The van der Waals surface area contributed by atoms with Crippen LogP contribution >= 0.6 is 0 Å². The van der Waals surface area contributed by atoms with E-state index in [1.165, 1.54) is 16.8 Å². The van der Waals surface area contributed by atoms with Crippen molar-refractivity contribution in [1.29, 1.82) is 0 Å². The van der Waals surface area contributed by atoms with Gasteiger partial charge in [0.25, 0.3) is 11.8 Å². The second kappa shape index (κ2) is 14.3. The Morgan fingerprint density at radius 1 is 1.00 bits per heavy atom. The third-order valence-corrected chi connectivity index (χ3v) is 8.48. The molecule has 1 N–H and O–H groups in total. The van der Waals surface area contributed by atoms with Crippen LogP contribution in [-0.2, 0) is 33.9 Å². The number of benzene rings is 2. The fourth-order valence-corrected chi connectivity index (χ4v) is 6.20. The van der Waals surface area contributed by atoms with Gasteiger partial charge in [-0.1, -0.05) is 36.4 Å². The van der Waals surface area contributed by atoms with E-state index in [-0.39, 0.29) is 48.7 Å². The van der Waals surface area contributed by atoms with Gasteiger partial charge >= 0.3 is 6.16 Å². The number of fused-ring (bicyclic) bond motifs is 4. The molecule has 0 radical (unpaired) electrons. The van der Waals surface area contributed by atoms with Crippen LogP contribution < -0.4 is 15.5 Å². The van der Waals surface area contributed by atoms with E-state index in [0.29, 0.717) is 32.2 Å². The van der Waals surface area contributed by atoms with Crippen LogP contribution in [0.5, 0.6) is 5.75 Å². The van der Waals surface area contributed by atoms with Gasteiger partial charge in [-0.3, -0.25) is 19.3 Å². The van der Waals surface area contributed by atoms with Gasteiger partial charge in [-0.2, -0.15) is 0 Å². The third kappa shape index (κ3) is 7.13. The molecule has 6 rings (SSSR count). The summed E-state index contributed by atoms with van der Waals surface area (Å²) in [6.45, 7) is 1.31. The summed E-state index contributed by atoms with van der Waals surface area (Å²) in [6.07, 6.45) is 2.35. The summed E-state index contributed by atoms with van der Waals surface area (Å²) in [5, 5.41) is 2.47. The van der Waals surface area contributed by atoms with Crippen LogP contribution in [0.4, 0.5) is 13.6 Å². The lowest BCUT2D eigenvalue weighted by Gasteiger charge is -2.36. The summed E-state index contributed by atoms with van der Waals surface area (Å²) >= 11 is 0. The van der Waals surface area contributed by atoms with Crippen LogP contribution in [0.3, 0.4) is 0 Å². The van der Waals surface area contributed by atoms with Gasteiger partial charge in [0.1, 0.15) is 23.4 Å². The van der Waals surface area contributed by atoms with E-state index in [4.69, 9.17) is 18.9 Å². The van der Waals surface area contributed by atoms with Crippen LogP contribution in [0.15, 0.2) is 59.5 Å². The van der Waals surface area contributed by atoms with E-state index in [9.17, 15) is 28.0 Å². The third-order valence-electron chi connectivity index (χ3n) is 8.48. The molecule has 0 aliphatic carbocycles. The molecule has 0 saturated carbocycles. The summed E-state index contributed by atoms with van der Waals surface area (Å²) in [5.74, 6) is -3.37. The Labute approximate surface area is 268 Å². The molecule has 2 fully saturated rings. The zero-order chi connectivity index (χ0) is 32.9. The fraction of sp³-hybridized carbons (Fsp3) is 0.394. The first-order valence-electron chi connectivity index (χ1n) is 15.4. The number of amides is 2. The van der Waals surface area contributed by atoms with Crippen LogP contribution in [0.2, 0.25) is 0 Å². The molecule has 47 heavy (non-hydrogen) atoms. The zero-order valence-corrected chi connectivity index (χ0v) is 25.5. The average molecular weight is 653 g/mol. The van der Waals surface area contributed by atoms with Crippen LogP contribution in [-0.4, -0.2) is 77.6 Å². The molecule has 4 heterocycles. The number of nitrogens with one attached hydrogen (secondary N) is 1. The van der Waals surface area contributed by atoms with E-state index in [2.05, 4.69) is 10.2 Å². The van der Waals surface area contributed by atoms with E-state index in [1.54, 1.807) is 4.90 Å². The molecule has 1 aromatic heterocycles. The number of nitrogens with zero attached hydrogens (tertiary/aromatic N) is 3. The zero-order valence-electron chi connectivity index (χ0n) is 25.5. The monoisotopic (exact) mass is 652 g/mol. The van der Waals surface area contributed by atoms with Gasteiger partial charge < -0.3 is 33.7 Å². The highest BCUT2D eigenvalue weighted by Crippen LogP contribution is 2.35. The topological polar surface area (TPSA) is 129 Å². The molecule has 2 aromatic carbocycles. The average Bonchev–Trinajstić information content (AvgIpc) is 3.66. The van der Waals surface area contributed by atoms with E-state index in [0.717, 1.165) is 31.0 Å². The summed E-state index contributed by atoms with van der Waals surface area (Å²) in [7, 11) is 0. The molecular formula is C33H34F2N4O8. The lowest BCUT2D eigenvalue weighted by molar-refractivity contribution is -0.000965. The Morgan fingerprint density at radius 3 is 2.64 bits per heavy atom. The molecule has 2 amide bonds. The standard InChI is InChI=1S/C33H34F2N4O8/c34-23-10-9-22(26(35)14-23)15-36-31(41)25-17-37-18-27-38-11-4-8-24(38)16-39(27)32(42)28(37)30(29(25)40)46-20-47-33(43)45-13-5-12-44-19-21-6-2-1-3-7-21/h1-3,6-7,9-10,14,17,24,27H,4-5,8,11-13,15-16,18-20H2,(H,36,41)/t24?,27-/m0/s1. The van der Waals surface area contributed by atoms with Crippen molar-refractivity contribution in [3.63, 3.8) is 0 Å². The first-order chi connectivity index (χ1) is 22.8. The predicted octanol–water partition coefficient (Wildman–Crippen LogP) is 3.41. The lowest BCUT2D eigenvalue weighted by atomic mass is 10.1. The number of hydrogen-bond acceptors (Lipinski definition) is 9. The van der Waals surface area contributed by atoms with E-state index >= 15 is 0 Å². The van der Waals surface area contributed by atoms with Crippen molar-refractivity contribution < 1.29 is 42.1 Å². The molecule has 3 aromatic rings. The molecule has 12 nitrogen and oxygen atoms in total. The number of carbonyl (C=O) groups excluding carboxylic acids is 3. The highest BCUT2D eigenvalue weighted by Gasteiger charge is 2.48. The largest absolute Gasteiger partial charge is 0.511 e. The number of hydrogen-bond donors (Lipinski definition) is 1. The number of rotatable bonds is 12. The predicted molar refractivity (Wildman–Crippen MR) is 161 cm³/mol. The quantitative estimate of drug-likeness (QED) is 0.178. The Morgan fingerprint density at radius 2 is 1.83 bits per heavy atom. The lowest BCUT2D eigenvalue weighted by Crippen LogP contribution is -2.50. The number of ether oxygens (including phenoxy) is 4. The SMILES string of the molecule is O=C(OCCCOCc1ccccc1)OCOc1c2n(cc(C(=O)NCc3ccc(F)cc3F)c1=O)C[C@@H]1N(CC3CCCN31)C2=O. The van der Waals surface area contributed by atoms with Crippen LogP contribution in [0.1, 0.15) is 51.2 Å². The number of pyridine rings is 1. The smallest absolute Gasteiger partial charge is 0.451 e. The maximum Gasteiger partial charge on any atom is 0.511 e. The summed E-state index contributed by atoms with van der Waals surface area (Å²) in [5.41, 5.74) is -0.304. The van der Waals surface area contributed by atoms with Crippen molar-refractivity contribution >= 4 is 18.0 Å². The minimum Gasteiger partial charge on any atom is -0.451 e. The van der Waals surface area contributed by atoms with Gasteiger partial charge in [-0.25, -0.2) is 13.6 Å². The molecule has 1 unspecified atom stereocenters.